The smallest absolute Gasteiger partial charge is 0.382 e. The zero-order valence-electron chi connectivity index (χ0n) is 27.4. The minimum Gasteiger partial charge on any atom is -0.382 e. The van der Waals surface area contributed by atoms with Crippen LogP contribution in [0.25, 0.3) is 11.4 Å². The van der Waals surface area contributed by atoms with E-state index in [1.807, 2.05) is 0 Å². The molecule has 2 amide bonds. The van der Waals surface area contributed by atoms with Gasteiger partial charge in [-0.2, -0.15) is 26.3 Å². The monoisotopic (exact) mass is 778 g/mol. The number of nitrogens with one attached hydrogen (secondary N) is 2. The Kier molecular flexibility index (Phi) is 10.3. The Bertz CT molecular complexity index is 2130. The molecule has 2 saturated heterocycles. The summed E-state index contributed by atoms with van der Waals surface area (Å²) in [6.45, 7) is -0.0611. The van der Waals surface area contributed by atoms with Gasteiger partial charge in [0.05, 0.1) is 45.0 Å². The van der Waals surface area contributed by atoms with E-state index < -0.39 is 46.9 Å². The van der Waals surface area contributed by atoms with Gasteiger partial charge in [-0.05, 0) is 47.5 Å². The zero-order valence-corrected chi connectivity index (χ0v) is 29.1. The van der Waals surface area contributed by atoms with Crippen LogP contribution < -0.4 is 20.4 Å². The van der Waals surface area contributed by atoms with Crippen molar-refractivity contribution in [3.8, 4) is 0 Å². The molecule has 2 aliphatic heterocycles. The number of rotatable bonds is 9. The maximum absolute atomic E-state index is 13.5. The first-order valence-electron chi connectivity index (χ1n) is 15.9. The first-order chi connectivity index (χ1) is 25.6. The number of ketones is 2. The second-order valence-electron chi connectivity index (χ2n) is 11.7. The van der Waals surface area contributed by atoms with Crippen LogP contribution in [-0.2, 0) is 31.5 Å². The normalized spacial score (nSPS) is 17.1. The van der Waals surface area contributed by atoms with Crippen molar-refractivity contribution in [1.29, 1.82) is 0 Å². The summed E-state index contributed by atoms with van der Waals surface area (Å²) in [5.41, 5.74) is -2.07. The van der Waals surface area contributed by atoms with E-state index in [1.165, 1.54) is 12.1 Å². The number of benzene rings is 4. The number of Topliss-reactive ketones (excluding diaryl/α,β-unsaturated/α-hetero) is 2. The average Bonchev–Trinajstić information content (AvgIpc) is 3.50. The molecule has 2 N–H and O–H groups in total. The number of thiocarbonyl (C=S) groups is 2. The van der Waals surface area contributed by atoms with Crippen molar-refractivity contribution < 1.29 is 45.5 Å². The Balaban J connectivity index is 1.32. The minimum atomic E-state index is -4.72. The lowest BCUT2D eigenvalue weighted by Gasteiger charge is -2.19. The molecule has 0 saturated carbocycles. The van der Waals surface area contributed by atoms with Crippen molar-refractivity contribution in [2.45, 2.75) is 12.4 Å². The largest absolute Gasteiger partial charge is 0.416 e. The quantitative estimate of drug-likeness (QED) is 0.0623. The van der Waals surface area contributed by atoms with E-state index in [4.69, 9.17) is 24.4 Å². The Morgan fingerprint density at radius 3 is 1.20 bits per heavy atom. The van der Waals surface area contributed by atoms with Crippen molar-refractivity contribution in [1.82, 2.24) is 10.6 Å². The molecular weight excluding hydrogens is 755 g/mol. The molecule has 0 atom stereocenters. The Morgan fingerprint density at radius 2 is 0.870 bits per heavy atom. The predicted octanol–water partition coefficient (Wildman–Crippen LogP) is 6.91. The van der Waals surface area contributed by atoms with Gasteiger partial charge in [-0.25, -0.2) is 0 Å². The lowest BCUT2D eigenvalue weighted by Crippen LogP contribution is -2.30. The molecule has 54 heavy (non-hydrogen) atoms. The van der Waals surface area contributed by atoms with Crippen LogP contribution in [0.1, 0.15) is 22.3 Å². The van der Waals surface area contributed by atoms with Gasteiger partial charge < -0.3 is 10.6 Å². The van der Waals surface area contributed by atoms with E-state index in [9.17, 15) is 45.5 Å². The van der Waals surface area contributed by atoms with Crippen LogP contribution in [0.5, 0.6) is 0 Å². The van der Waals surface area contributed by atoms with Crippen LogP contribution in [0.3, 0.4) is 0 Å². The number of hydrogen-bond acceptors (Lipinski definition) is 8. The van der Waals surface area contributed by atoms with Crippen LogP contribution in [0.4, 0.5) is 37.7 Å². The van der Waals surface area contributed by atoms with E-state index >= 15 is 0 Å². The molecule has 274 valence electrons. The summed E-state index contributed by atoms with van der Waals surface area (Å²) in [6.07, 6.45) is -9.45. The number of halogens is 6. The number of amides is 2. The first-order valence-corrected chi connectivity index (χ1v) is 16.7. The van der Waals surface area contributed by atoms with Gasteiger partial charge in [0.1, 0.15) is 9.98 Å². The van der Waals surface area contributed by atoms with E-state index in [1.54, 1.807) is 60.7 Å². The molecule has 6 rings (SSSR count). The van der Waals surface area contributed by atoms with Crippen LogP contribution in [0.15, 0.2) is 120 Å². The highest BCUT2D eigenvalue weighted by Gasteiger charge is 2.45. The minimum absolute atomic E-state index is 0.0305. The van der Waals surface area contributed by atoms with Crippen LogP contribution >= 0.6 is 24.4 Å². The standard InChI is InChI=1S/C38H24F6N4O4S2/c39-37(40,41)23-13-7-15-25(19-23)47-33(51)31(49)27(35(47)53)29(21-9-3-1-4-10-21)45-17-18-46-30(22-11-5-2-6-12-22)28-32(50)34(52)48(36(28)54)26-16-8-14-24(20-26)38(42,43)44/h1-16,19-20,45-46H,17-18H2/b29-27-,30-28-. The molecule has 0 unspecified atom stereocenters. The van der Waals surface area contributed by atoms with Gasteiger partial charge in [0, 0.05) is 13.1 Å². The highest BCUT2D eigenvalue weighted by molar-refractivity contribution is 7.81. The van der Waals surface area contributed by atoms with Gasteiger partial charge in [0.25, 0.3) is 11.6 Å². The number of carbonyl (C=O) groups excluding carboxylic acids is 4. The summed E-state index contributed by atoms with van der Waals surface area (Å²) >= 11 is 11.0. The molecule has 0 spiro atoms. The predicted molar refractivity (Wildman–Crippen MR) is 196 cm³/mol. The zero-order chi connectivity index (χ0) is 38.9. The lowest BCUT2D eigenvalue weighted by atomic mass is 10.0. The molecule has 2 fully saturated rings. The summed E-state index contributed by atoms with van der Waals surface area (Å²) < 4.78 is 80.9. The van der Waals surface area contributed by atoms with Gasteiger partial charge >= 0.3 is 24.2 Å². The Labute approximate surface area is 313 Å². The summed E-state index contributed by atoms with van der Waals surface area (Å²) in [7, 11) is 0. The van der Waals surface area contributed by atoms with Crippen molar-refractivity contribution in [2.24, 2.45) is 0 Å². The highest BCUT2D eigenvalue weighted by atomic mass is 32.1. The molecule has 16 heteroatoms. The number of nitrogens with zero attached hydrogens (tertiary/aromatic N) is 2. The van der Waals surface area contributed by atoms with Gasteiger partial charge in [0.2, 0.25) is 0 Å². The molecule has 2 heterocycles. The molecule has 0 radical (unpaired) electrons. The van der Waals surface area contributed by atoms with E-state index in [0.717, 1.165) is 34.1 Å². The van der Waals surface area contributed by atoms with E-state index in [0.29, 0.717) is 23.3 Å². The number of anilines is 2. The molecule has 0 aromatic heterocycles. The van der Waals surface area contributed by atoms with E-state index in [-0.39, 0.29) is 57.0 Å². The van der Waals surface area contributed by atoms with Gasteiger partial charge in [-0.15, -0.1) is 0 Å². The second kappa shape index (κ2) is 14.8. The maximum atomic E-state index is 13.5. The highest BCUT2D eigenvalue weighted by Crippen LogP contribution is 2.36. The fourth-order valence-corrected chi connectivity index (χ4v) is 6.59. The molecule has 2 aliphatic rings. The molecule has 4 aromatic carbocycles. The fraction of sp³-hybridized carbons (Fsp3) is 0.105. The maximum Gasteiger partial charge on any atom is 0.416 e. The van der Waals surface area contributed by atoms with Gasteiger partial charge in [-0.3, -0.25) is 29.0 Å². The number of carbonyl (C=O) groups is 4. The molecular formula is C38H24F6N4O4S2. The topological polar surface area (TPSA) is 98.8 Å². The third-order valence-corrected chi connectivity index (χ3v) is 9.07. The van der Waals surface area contributed by atoms with Crippen molar-refractivity contribution in [3.05, 3.63) is 143 Å². The van der Waals surface area contributed by atoms with Crippen LogP contribution in [0.2, 0.25) is 0 Å². The van der Waals surface area contributed by atoms with Crippen LogP contribution in [0, 0.1) is 0 Å². The molecule has 4 aromatic rings. The Morgan fingerprint density at radius 1 is 0.519 bits per heavy atom. The first kappa shape index (κ1) is 37.7. The fourth-order valence-electron chi connectivity index (χ4n) is 5.83. The average molecular weight is 779 g/mol. The van der Waals surface area contributed by atoms with Gasteiger partial charge in [-0.1, -0.05) is 97.2 Å². The Hall–Kier alpha value is -6.00. The SMILES string of the molecule is O=C1C(=O)N(c2cccc(C(F)(F)F)c2)C(=S)/C1=C(\NCCN/C(=C1/C(=O)C(=O)N(c2cccc(C(F)(F)F)c2)C1=S)c1ccccc1)c1ccccc1. The number of hydrogen-bond donors (Lipinski definition) is 2. The van der Waals surface area contributed by atoms with E-state index in [2.05, 4.69) is 10.6 Å². The van der Waals surface area contributed by atoms with Gasteiger partial charge in [0.15, 0.2) is 0 Å². The van der Waals surface area contributed by atoms with Crippen LogP contribution in [-0.4, -0.2) is 46.4 Å². The number of alkyl halides is 6. The molecule has 0 aliphatic carbocycles. The third kappa shape index (κ3) is 7.30. The second-order valence-corrected chi connectivity index (χ2v) is 12.5. The lowest BCUT2D eigenvalue weighted by molar-refractivity contribution is -0.138. The van der Waals surface area contributed by atoms with Crippen molar-refractivity contribution in [3.63, 3.8) is 0 Å². The summed E-state index contributed by atoms with van der Waals surface area (Å²) in [6, 6.07) is 24.2. The third-order valence-electron chi connectivity index (χ3n) is 8.30. The summed E-state index contributed by atoms with van der Waals surface area (Å²) in [5, 5.41) is 6.15. The molecule has 8 nitrogen and oxygen atoms in total. The molecule has 0 bridgehead atoms. The van der Waals surface area contributed by atoms with Crippen molar-refractivity contribution in [2.75, 3.05) is 22.9 Å². The summed E-state index contributed by atoms with van der Waals surface area (Å²) in [5.74, 6) is -4.41. The van der Waals surface area contributed by atoms with Crippen molar-refractivity contribution >= 4 is 80.6 Å². The summed E-state index contributed by atoms with van der Waals surface area (Å²) in [4.78, 5) is 54.2.